The topological polar surface area (TPSA) is 29.0 Å². The van der Waals surface area contributed by atoms with Crippen molar-refractivity contribution in [1.82, 2.24) is 9.97 Å². The Morgan fingerprint density at radius 3 is 3.21 bits per heavy atom. The molecule has 0 aromatic carbocycles. The Kier molecular flexibility index (Phi) is 2.45. The molecule has 0 aliphatic heterocycles. The van der Waals surface area contributed by atoms with E-state index in [4.69, 9.17) is 0 Å². The molecule has 0 bridgehead atoms. The minimum absolute atomic E-state index is 0.794. The Labute approximate surface area is 86.7 Å². The Morgan fingerprint density at radius 2 is 2.43 bits per heavy atom. The molecule has 2 heterocycles. The number of rotatable bonds is 3. The summed E-state index contributed by atoms with van der Waals surface area (Å²) < 4.78 is 0. The number of thiophene rings is 1. The maximum Gasteiger partial charge on any atom is 0.140 e. The Bertz CT molecular complexity index is 449. The van der Waals surface area contributed by atoms with Crippen LogP contribution in [0.3, 0.4) is 0 Å². The van der Waals surface area contributed by atoms with Gasteiger partial charge in [-0.05, 0) is 11.4 Å². The smallest absolute Gasteiger partial charge is 0.140 e. The van der Waals surface area contributed by atoms with Crippen molar-refractivity contribution in [3.63, 3.8) is 0 Å². The molecule has 0 radical (unpaired) electrons. The number of hydrogen-bond acceptors (Lipinski definition) is 4. The van der Waals surface area contributed by atoms with Gasteiger partial charge in [0.25, 0.3) is 0 Å². The first kappa shape index (κ1) is 9.15. The van der Waals surface area contributed by atoms with E-state index in [1.807, 2.05) is 18.5 Å². The van der Waals surface area contributed by atoms with Gasteiger partial charge in [-0.15, -0.1) is 17.9 Å². The van der Waals surface area contributed by atoms with E-state index >= 15 is 0 Å². The summed E-state index contributed by atoms with van der Waals surface area (Å²) in [4.78, 5) is 11.6. The van der Waals surface area contributed by atoms with Crippen molar-refractivity contribution < 1.29 is 0 Å². The monoisotopic (exact) mass is 205 g/mol. The molecule has 0 unspecified atom stereocenters. The normalized spacial score (nSPS) is 10.4. The van der Waals surface area contributed by atoms with Gasteiger partial charge in [0.1, 0.15) is 17.0 Å². The van der Waals surface area contributed by atoms with Crippen LogP contribution in [-0.2, 0) is 0 Å². The second-order valence-electron chi connectivity index (χ2n) is 3.01. The van der Waals surface area contributed by atoms with Crippen LogP contribution in [0.5, 0.6) is 0 Å². The van der Waals surface area contributed by atoms with Gasteiger partial charge in [-0.2, -0.15) is 0 Å². The van der Waals surface area contributed by atoms with Crippen molar-refractivity contribution in [2.24, 2.45) is 0 Å². The summed E-state index contributed by atoms with van der Waals surface area (Å²) in [5, 5.41) is 3.15. The molecule has 14 heavy (non-hydrogen) atoms. The second-order valence-corrected chi connectivity index (χ2v) is 3.90. The highest BCUT2D eigenvalue weighted by molar-refractivity contribution is 7.16. The number of fused-ring (bicyclic) bond motifs is 1. The third kappa shape index (κ3) is 1.48. The van der Waals surface area contributed by atoms with Gasteiger partial charge >= 0.3 is 0 Å². The van der Waals surface area contributed by atoms with E-state index in [1.54, 1.807) is 17.7 Å². The molecule has 0 aliphatic rings. The molecule has 0 atom stereocenters. The quantitative estimate of drug-likeness (QED) is 0.720. The summed E-state index contributed by atoms with van der Waals surface area (Å²) in [6, 6.07) is 2.05. The highest BCUT2D eigenvalue weighted by atomic mass is 32.1. The van der Waals surface area contributed by atoms with Crippen molar-refractivity contribution in [3.05, 3.63) is 30.4 Å². The van der Waals surface area contributed by atoms with E-state index in [2.05, 4.69) is 27.5 Å². The van der Waals surface area contributed by atoms with Crippen LogP contribution >= 0.6 is 11.3 Å². The van der Waals surface area contributed by atoms with Crippen molar-refractivity contribution in [2.45, 2.75) is 0 Å². The molecule has 0 aliphatic carbocycles. The first-order chi connectivity index (χ1) is 6.83. The lowest BCUT2D eigenvalue weighted by molar-refractivity contribution is 0.993. The lowest BCUT2D eigenvalue weighted by Gasteiger charge is -2.15. The van der Waals surface area contributed by atoms with E-state index in [0.29, 0.717) is 0 Å². The van der Waals surface area contributed by atoms with E-state index < -0.39 is 0 Å². The molecule has 0 amide bonds. The van der Waals surface area contributed by atoms with E-state index in [1.165, 1.54) is 0 Å². The highest BCUT2D eigenvalue weighted by Crippen LogP contribution is 2.25. The molecular weight excluding hydrogens is 194 g/mol. The molecule has 4 heteroatoms. The Hall–Kier alpha value is -1.42. The molecule has 0 N–H and O–H groups in total. The average Bonchev–Trinajstić information content (AvgIpc) is 2.65. The second kappa shape index (κ2) is 3.75. The molecule has 2 rings (SSSR count). The van der Waals surface area contributed by atoms with Crippen LogP contribution < -0.4 is 4.90 Å². The minimum Gasteiger partial charge on any atom is -0.355 e. The summed E-state index contributed by atoms with van der Waals surface area (Å²) in [6.45, 7) is 4.51. The molecule has 0 saturated carbocycles. The number of hydrogen-bond donors (Lipinski definition) is 0. The van der Waals surface area contributed by atoms with Crippen molar-refractivity contribution in [1.29, 1.82) is 0 Å². The van der Waals surface area contributed by atoms with E-state index in [-0.39, 0.29) is 0 Å². The van der Waals surface area contributed by atoms with Gasteiger partial charge in [-0.3, -0.25) is 0 Å². The summed E-state index contributed by atoms with van der Waals surface area (Å²) >= 11 is 1.63. The van der Waals surface area contributed by atoms with Crippen LogP contribution in [0.2, 0.25) is 0 Å². The average molecular weight is 205 g/mol. The predicted octanol–water partition coefficient (Wildman–Crippen LogP) is 2.31. The first-order valence-corrected chi connectivity index (χ1v) is 5.21. The SMILES string of the molecule is C=CCN(C)c1ncnc2sccc12. The van der Waals surface area contributed by atoms with Crippen LogP contribution in [0.1, 0.15) is 0 Å². The fourth-order valence-electron chi connectivity index (χ4n) is 1.36. The van der Waals surface area contributed by atoms with Gasteiger partial charge in [0.15, 0.2) is 0 Å². The third-order valence-corrected chi connectivity index (χ3v) is 2.83. The summed E-state index contributed by atoms with van der Waals surface area (Å²) in [5.74, 6) is 0.969. The van der Waals surface area contributed by atoms with Gasteiger partial charge in [0.05, 0.1) is 5.39 Å². The highest BCUT2D eigenvalue weighted by Gasteiger charge is 2.07. The summed E-state index contributed by atoms with van der Waals surface area (Å²) in [5.41, 5.74) is 0. The van der Waals surface area contributed by atoms with Crippen molar-refractivity contribution in [2.75, 3.05) is 18.5 Å². The number of nitrogens with zero attached hydrogens (tertiary/aromatic N) is 3. The number of aromatic nitrogens is 2. The molecule has 72 valence electrons. The molecule has 0 saturated heterocycles. The predicted molar refractivity (Wildman–Crippen MR) is 60.9 cm³/mol. The zero-order valence-corrected chi connectivity index (χ0v) is 8.79. The molecular formula is C10H11N3S. The fraction of sp³-hybridized carbons (Fsp3) is 0.200. The van der Waals surface area contributed by atoms with Gasteiger partial charge in [-0.1, -0.05) is 6.08 Å². The van der Waals surface area contributed by atoms with Gasteiger partial charge in [0.2, 0.25) is 0 Å². The molecule has 0 fully saturated rings. The van der Waals surface area contributed by atoms with Crippen molar-refractivity contribution in [3.8, 4) is 0 Å². The van der Waals surface area contributed by atoms with Crippen molar-refractivity contribution >= 4 is 27.4 Å². The minimum atomic E-state index is 0.794. The number of anilines is 1. The van der Waals surface area contributed by atoms with Crippen LogP contribution in [-0.4, -0.2) is 23.6 Å². The van der Waals surface area contributed by atoms with Crippen LogP contribution in [0.25, 0.3) is 10.2 Å². The Morgan fingerprint density at radius 1 is 1.57 bits per heavy atom. The zero-order chi connectivity index (χ0) is 9.97. The van der Waals surface area contributed by atoms with E-state index in [9.17, 15) is 0 Å². The Balaban J connectivity index is 2.50. The molecule has 0 spiro atoms. The van der Waals surface area contributed by atoms with Gasteiger partial charge in [0, 0.05) is 13.6 Å². The lowest BCUT2D eigenvalue weighted by Crippen LogP contribution is -2.18. The number of likely N-dealkylation sites (N-methyl/N-ethyl adjacent to an activating group) is 1. The largest absolute Gasteiger partial charge is 0.355 e. The van der Waals surface area contributed by atoms with Crippen LogP contribution in [0.4, 0.5) is 5.82 Å². The maximum atomic E-state index is 4.27. The molecule has 2 aromatic heterocycles. The lowest BCUT2D eigenvalue weighted by atomic mass is 10.3. The maximum absolute atomic E-state index is 4.27. The molecule has 3 nitrogen and oxygen atoms in total. The van der Waals surface area contributed by atoms with Crippen LogP contribution in [0, 0.1) is 0 Å². The van der Waals surface area contributed by atoms with Crippen LogP contribution in [0.15, 0.2) is 30.4 Å². The first-order valence-electron chi connectivity index (χ1n) is 4.33. The van der Waals surface area contributed by atoms with E-state index in [0.717, 1.165) is 22.6 Å². The summed E-state index contributed by atoms with van der Waals surface area (Å²) in [6.07, 6.45) is 3.47. The van der Waals surface area contributed by atoms with Gasteiger partial charge in [-0.25, -0.2) is 9.97 Å². The third-order valence-electron chi connectivity index (χ3n) is 2.01. The molecule has 2 aromatic rings. The fourth-order valence-corrected chi connectivity index (χ4v) is 2.09. The standard InChI is InChI=1S/C10H11N3S/c1-3-5-13(2)9-8-4-6-14-10(8)12-7-11-9/h3-4,6-7H,1,5H2,2H3. The zero-order valence-electron chi connectivity index (χ0n) is 7.97. The van der Waals surface area contributed by atoms with Gasteiger partial charge < -0.3 is 4.90 Å². The summed E-state index contributed by atoms with van der Waals surface area (Å²) in [7, 11) is 2.00.